The molecule has 0 N–H and O–H groups in total. The third-order valence-corrected chi connectivity index (χ3v) is 7.01. The maximum atomic E-state index is 6.49. The molecule has 1 heterocycles. The van der Waals surface area contributed by atoms with Gasteiger partial charge in [-0.3, -0.25) is 4.98 Å². The third-order valence-electron chi connectivity index (χ3n) is 7.01. The van der Waals surface area contributed by atoms with Crippen LogP contribution in [0.4, 0.5) is 0 Å². The van der Waals surface area contributed by atoms with Gasteiger partial charge in [-0.2, -0.15) is 0 Å². The van der Waals surface area contributed by atoms with Crippen molar-refractivity contribution in [2.45, 2.75) is 0 Å². The molecule has 174 valence electrons. The van der Waals surface area contributed by atoms with E-state index in [0.29, 0.717) is 0 Å². The molecule has 7 aromatic rings. The second-order valence-corrected chi connectivity index (χ2v) is 9.19. The summed E-state index contributed by atoms with van der Waals surface area (Å²) in [5.41, 5.74) is 4.77. The molecule has 0 bridgehead atoms. The van der Waals surface area contributed by atoms with Crippen LogP contribution in [0.3, 0.4) is 0 Å². The van der Waals surface area contributed by atoms with Gasteiger partial charge in [-0.25, -0.2) is 0 Å². The first kappa shape index (κ1) is 21.3. The van der Waals surface area contributed by atoms with Crippen LogP contribution in [0.1, 0.15) is 0 Å². The van der Waals surface area contributed by atoms with E-state index in [0.717, 1.165) is 38.6 Å². The Labute approximate surface area is 215 Å². The lowest BCUT2D eigenvalue weighted by Gasteiger charge is -2.17. The number of pyridine rings is 1. The van der Waals surface area contributed by atoms with Gasteiger partial charge in [0.2, 0.25) is 0 Å². The number of fused-ring (bicyclic) bond motifs is 3. The van der Waals surface area contributed by atoms with Crippen molar-refractivity contribution >= 4 is 32.3 Å². The topological polar surface area (TPSA) is 22.1 Å². The molecule has 37 heavy (non-hydrogen) atoms. The average molecular weight is 474 g/mol. The summed E-state index contributed by atoms with van der Waals surface area (Å²) in [4.78, 5) is 4.50. The first-order valence-corrected chi connectivity index (χ1v) is 12.5. The van der Waals surface area contributed by atoms with Gasteiger partial charge in [0.1, 0.15) is 11.5 Å². The van der Waals surface area contributed by atoms with Crippen LogP contribution in [-0.4, -0.2) is 4.98 Å². The van der Waals surface area contributed by atoms with Crippen LogP contribution in [0.2, 0.25) is 0 Å². The molecule has 2 heteroatoms. The summed E-state index contributed by atoms with van der Waals surface area (Å²) in [6, 6.07) is 44.4. The number of nitrogens with zero attached hydrogens (tertiary/aromatic N) is 1. The van der Waals surface area contributed by atoms with Crippen molar-refractivity contribution in [1.82, 2.24) is 4.98 Å². The minimum atomic E-state index is 0.818. The number of benzene rings is 6. The number of aromatic nitrogens is 1. The SMILES string of the molecule is c1ccc(Oc2c3ccccc3c(-c3ccc(-c4cccc5ccccc45)cc3)c3cnccc23)cc1. The third kappa shape index (κ3) is 3.71. The van der Waals surface area contributed by atoms with E-state index in [2.05, 4.69) is 96.0 Å². The molecule has 0 saturated carbocycles. The summed E-state index contributed by atoms with van der Waals surface area (Å²) >= 11 is 0. The minimum absolute atomic E-state index is 0.818. The van der Waals surface area contributed by atoms with Gasteiger partial charge in [0.05, 0.1) is 0 Å². The van der Waals surface area contributed by atoms with Gasteiger partial charge in [0, 0.05) is 28.6 Å². The zero-order valence-corrected chi connectivity index (χ0v) is 20.1. The number of hydrogen-bond acceptors (Lipinski definition) is 2. The van der Waals surface area contributed by atoms with Crippen molar-refractivity contribution in [3.05, 3.63) is 140 Å². The zero-order valence-electron chi connectivity index (χ0n) is 20.1. The van der Waals surface area contributed by atoms with Gasteiger partial charge in [-0.1, -0.05) is 109 Å². The molecule has 0 amide bonds. The summed E-state index contributed by atoms with van der Waals surface area (Å²) in [5.74, 6) is 1.67. The molecule has 0 aliphatic rings. The highest BCUT2D eigenvalue weighted by atomic mass is 16.5. The van der Waals surface area contributed by atoms with Gasteiger partial charge in [0.15, 0.2) is 0 Å². The molecule has 1 aromatic heterocycles. The van der Waals surface area contributed by atoms with Crippen LogP contribution in [0.25, 0.3) is 54.6 Å². The average Bonchev–Trinajstić information content (AvgIpc) is 2.97. The molecule has 0 aliphatic carbocycles. The first-order valence-electron chi connectivity index (χ1n) is 12.5. The Morgan fingerprint density at radius 2 is 1.11 bits per heavy atom. The number of hydrogen-bond donors (Lipinski definition) is 0. The van der Waals surface area contributed by atoms with Gasteiger partial charge in [0.25, 0.3) is 0 Å². The van der Waals surface area contributed by atoms with Crippen LogP contribution < -0.4 is 4.74 Å². The second-order valence-electron chi connectivity index (χ2n) is 9.19. The molecule has 2 nitrogen and oxygen atoms in total. The monoisotopic (exact) mass is 473 g/mol. The molecule has 0 radical (unpaired) electrons. The van der Waals surface area contributed by atoms with Crippen molar-refractivity contribution in [3.63, 3.8) is 0 Å². The molecule has 0 fully saturated rings. The molecule has 0 aliphatic heterocycles. The lowest BCUT2D eigenvalue weighted by molar-refractivity contribution is 0.494. The molecule has 0 spiro atoms. The van der Waals surface area contributed by atoms with E-state index in [1.807, 2.05) is 48.8 Å². The summed E-state index contributed by atoms with van der Waals surface area (Å²) < 4.78 is 6.49. The Hall–Kier alpha value is -4.95. The smallest absolute Gasteiger partial charge is 0.143 e. The van der Waals surface area contributed by atoms with Crippen LogP contribution in [0.15, 0.2) is 140 Å². The summed E-state index contributed by atoms with van der Waals surface area (Å²) in [6.07, 6.45) is 3.79. The fourth-order valence-corrected chi connectivity index (χ4v) is 5.30. The quantitative estimate of drug-likeness (QED) is 0.237. The molecule has 0 saturated heterocycles. The number of para-hydroxylation sites is 1. The van der Waals surface area contributed by atoms with Gasteiger partial charge in [-0.05, 0) is 56.6 Å². The van der Waals surface area contributed by atoms with Crippen molar-refractivity contribution in [2.24, 2.45) is 0 Å². The van der Waals surface area contributed by atoms with E-state index in [1.54, 1.807) is 0 Å². The molecule has 0 unspecified atom stereocenters. The van der Waals surface area contributed by atoms with Gasteiger partial charge in [-0.15, -0.1) is 0 Å². The Balaban J connectivity index is 1.42. The Kier molecular flexibility index (Phi) is 5.15. The van der Waals surface area contributed by atoms with Crippen molar-refractivity contribution in [1.29, 1.82) is 0 Å². The van der Waals surface area contributed by atoms with Crippen molar-refractivity contribution in [2.75, 3.05) is 0 Å². The number of rotatable bonds is 4. The minimum Gasteiger partial charge on any atom is -0.456 e. The highest BCUT2D eigenvalue weighted by Gasteiger charge is 2.17. The van der Waals surface area contributed by atoms with Gasteiger partial charge >= 0.3 is 0 Å². The highest BCUT2D eigenvalue weighted by Crippen LogP contribution is 2.44. The van der Waals surface area contributed by atoms with E-state index < -0.39 is 0 Å². The van der Waals surface area contributed by atoms with E-state index in [4.69, 9.17) is 4.74 Å². The Morgan fingerprint density at radius 3 is 1.95 bits per heavy atom. The highest BCUT2D eigenvalue weighted by molar-refractivity contribution is 6.17. The number of ether oxygens (including phenoxy) is 1. The summed E-state index contributed by atoms with van der Waals surface area (Å²) in [6.45, 7) is 0. The lowest BCUT2D eigenvalue weighted by atomic mass is 9.90. The van der Waals surface area contributed by atoms with Crippen molar-refractivity contribution in [3.8, 4) is 33.8 Å². The fourth-order valence-electron chi connectivity index (χ4n) is 5.30. The summed E-state index contributed by atoms with van der Waals surface area (Å²) in [5, 5.41) is 6.86. The van der Waals surface area contributed by atoms with Crippen molar-refractivity contribution < 1.29 is 4.74 Å². The largest absolute Gasteiger partial charge is 0.456 e. The van der Waals surface area contributed by atoms with E-state index in [1.165, 1.54) is 27.5 Å². The normalized spacial score (nSPS) is 11.2. The molecular weight excluding hydrogens is 450 g/mol. The predicted molar refractivity (Wildman–Crippen MR) is 154 cm³/mol. The molecule has 7 rings (SSSR count). The standard InChI is InChI=1S/C35H23NO/c1-2-11-27(12-3-1)37-35-31-15-7-6-14-30(31)34(33-23-36-22-21-32(33)35)26-19-17-25(18-20-26)29-16-8-10-24-9-4-5-13-28(24)29/h1-23H. The Bertz CT molecular complexity index is 1830. The maximum Gasteiger partial charge on any atom is 0.143 e. The summed E-state index contributed by atoms with van der Waals surface area (Å²) in [7, 11) is 0. The second kappa shape index (κ2) is 8.92. The van der Waals surface area contributed by atoms with E-state index >= 15 is 0 Å². The first-order chi connectivity index (χ1) is 18.4. The van der Waals surface area contributed by atoms with Crippen LogP contribution in [0.5, 0.6) is 11.5 Å². The molecule has 0 atom stereocenters. The molecule has 6 aromatic carbocycles. The lowest BCUT2D eigenvalue weighted by Crippen LogP contribution is -1.92. The zero-order chi connectivity index (χ0) is 24.6. The molecular formula is C35H23NO. The Morgan fingerprint density at radius 1 is 0.459 bits per heavy atom. The predicted octanol–water partition coefficient (Wildman–Crippen LogP) is 9.67. The van der Waals surface area contributed by atoms with Gasteiger partial charge < -0.3 is 4.74 Å². The fraction of sp³-hybridized carbons (Fsp3) is 0. The van der Waals surface area contributed by atoms with Crippen LogP contribution in [-0.2, 0) is 0 Å². The van der Waals surface area contributed by atoms with Crippen LogP contribution >= 0.6 is 0 Å². The van der Waals surface area contributed by atoms with E-state index in [-0.39, 0.29) is 0 Å². The maximum absolute atomic E-state index is 6.49. The van der Waals surface area contributed by atoms with E-state index in [9.17, 15) is 0 Å². The van der Waals surface area contributed by atoms with Crippen LogP contribution in [0, 0.1) is 0 Å².